The topological polar surface area (TPSA) is 40.5 Å². The molecule has 4 aromatic carbocycles. The summed E-state index contributed by atoms with van der Waals surface area (Å²) < 4.78 is 0. The van der Waals surface area contributed by atoms with Crippen molar-refractivity contribution < 1.29 is 10.2 Å². The van der Waals surface area contributed by atoms with Gasteiger partial charge in [-0.05, 0) is 46.0 Å². The molecule has 0 fully saturated rings. The Balaban J connectivity index is 1.77. The van der Waals surface area contributed by atoms with E-state index in [2.05, 4.69) is 36.4 Å². The van der Waals surface area contributed by atoms with Crippen LogP contribution in [0.3, 0.4) is 0 Å². The zero-order valence-electron chi connectivity index (χ0n) is 14.1. The number of aromatic hydroxyl groups is 2. The lowest BCUT2D eigenvalue weighted by molar-refractivity contribution is 0.405. The van der Waals surface area contributed by atoms with Crippen LogP contribution >= 0.6 is 0 Å². The average Bonchev–Trinajstić information content (AvgIpc) is 2.71. The first kappa shape index (κ1) is 16.0. The Morgan fingerprint density at radius 3 is 1.62 bits per heavy atom. The van der Waals surface area contributed by atoms with E-state index in [0.29, 0.717) is 5.56 Å². The fourth-order valence-electron chi connectivity index (χ4n) is 3.14. The SMILES string of the molecule is Oc1cccc(-c2cccc(-c3cccc(-c4ccccc4)c3)c2)c1O. The zero-order valence-corrected chi connectivity index (χ0v) is 14.1. The monoisotopic (exact) mass is 338 g/mol. The number of para-hydroxylation sites is 1. The standard InChI is InChI=1S/C24H18O2/c25-23-14-6-13-22(24(23)26)21-12-5-11-20(16-21)19-10-4-9-18(15-19)17-7-2-1-3-8-17/h1-16,25-26H. The van der Waals surface area contributed by atoms with E-state index in [0.717, 1.165) is 22.3 Å². The zero-order chi connectivity index (χ0) is 17.9. The number of benzene rings is 4. The van der Waals surface area contributed by atoms with Crippen LogP contribution in [0.2, 0.25) is 0 Å². The fourth-order valence-corrected chi connectivity index (χ4v) is 3.14. The molecule has 0 heterocycles. The van der Waals surface area contributed by atoms with E-state index in [4.69, 9.17) is 0 Å². The first-order valence-corrected chi connectivity index (χ1v) is 8.49. The average molecular weight is 338 g/mol. The van der Waals surface area contributed by atoms with Crippen LogP contribution in [0.1, 0.15) is 0 Å². The molecule has 4 aromatic rings. The van der Waals surface area contributed by atoms with Gasteiger partial charge in [0.2, 0.25) is 0 Å². The summed E-state index contributed by atoms with van der Waals surface area (Å²) in [4.78, 5) is 0. The summed E-state index contributed by atoms with van der Waals surface area (Å²) in [5.74, 6) is -0.207. The van der Waals surface area contributed by atoms with Crippen LogP contribution in [0.25, 0.3) is 33.4 Å². The molecule has 0 aliphatic heterocycles. The highest BCUT2D eigenvalue weighted by atomic mass is 16.3. The molecule has 0 aliphatic rings. The van der Waals surface area contributed by atoms with Crippen LogP contribution in [0, 0.1) is 0 Å². The molecule has 126 valence electrons. The second-order valence-corrected chi connectivity index (χ2v) is 6.20. The first-order chi connectivity index (χ1) is 12.7. The molecule has 0 aliphatic carbocycles. The molecule has 4 rings (SSSR count). The van der Waals surface area contributed by atoms with Crippen LogP contribution in [-0.2, 0) is 0 Å². The lowest BCUT2D eigenvalue weighted by Gasteiger charge is -2.10. The predicted molar refractivity (Wildman–Crippen MR) is 106 cm³/mol. The Bertz CT molecular complexity index is 1050. The highest BCUT2D eigenvalue weighted by molar-refractivity contribution is 5.79. The van der Waals surface area contributed by atoms with E-state index in [1.807, 2.05) is 42.5 Å². The third-order valence-corrected chi connectivity index (χ3v) is 4.49. The molecule has 2 N–H and O–H groups in total. The lowest BCUT2D eigenvalue weighted by Crippen LogP contribution is -1.84. The summed E-state index contributed by atoms with van der Waals surface area (Å²) in [6.45, 7) is 0. The summed E-state index contributed by atoms with van der Waals surface area (Å²) in [6, 6.07) is 31.6. The van der Waals surface area contributed by atoms with Crippen molar-refractivity contribution in [2.24, 2.45) is 0 Å². The van der Waals surface area contributed by atoms with Gasteiger partial charge in [0.25, 0.3) is 0 Å². The van der Waals surface area contributed by atoms with Crippen LogP contribution < -0.4 is 0 Å². The molecule has 0 saturated carbocycles. The van der Waals surface area contributed by atoms with Crippen molar-refractivity contribution in [2.75, 3.05) is 0 Å². The summed E-state index contributed by atoms with van der Waals surface area (Å²) in [5, 5.41) is 19.9. The van der Waals surface area contributed by atoms with Crippen molar-refractivity contribution in [1.82, 2.24) is 0 Å². The minimum atomic E-state index is -0.112. The fraction of sp³-hybridized carbons (Fsp3) is 0. The van der Waals surface area contributed by atoms with E-state index in [9.17, 15) is 10.2 Å². The van der Waals surface area contributed by atoms with E-state index in [1.165, 1.54) is 11.6 Å². The van der Waals surface area contributed by atoms with Crippen molar-refractivity contribution in [3.8, 4) is 44.9 Å². The second kappa shape index (κ2) is 6.77. The molecule has 0 amide bonds. The van der Waals surface area contributed by atoms with Crippen molar-refractivity contribution >= 4 is 0 Å². The van der Waals surface area contributed by atoms with Gasteiger partial charge in [0.15, 0.2) is 11.5 Å². The van der Waals surface area contributed by atoms with Crippen molar-refractivity contribution in [2.45, 2.75) is 0 Å². The van der Waals surface area contributed by atoms with Crippen LogP contribution in [0.5, 0.6) is 11.5 Å². The number of phenolic OH excluding ortho intramolecular Hbond substituents is 2. The van der Waals surface area contributed by atoms with Gasteiger partial charge in [0, 0.05) is 5.56 Å². The highest BCUT2D eigenvalue weighted by Crippen LogP contribution is 2.37. The van der Waals surface area contributed by atoms with E-state index in [-0.39, 0.29) is 11.5 Å². The van der Waals surface area contributed by atoms with Gasteiger partial charge < -0.3 is 10.2 Å². The predicted octanol–water partition coefficient (Wildman–Crippen LogP) is 6.10. The number of phenols is 2. The maximum atomic E-state index is 10.2. The normalized spacial score (nSPS) is 10.6. The molecule has 0 aromatic heterocycles. The molecule has 0 bridgehead atoms. The van der Waals surface area contributed by atoms with E-state index < -0.39 is 0 Å². The molecule has 0 unspecified atom stereocenters. The molecule has 2 heteroatoms. The van der Waals surface area contributed by atoms with Crippen molar-refractivity contribution in [1.29, 1.82) is 0 Å². The van der Waals surface area contributed by atoms with Gasteiger partial charge in [-0.2, -0.15) is 0 Å². The summed E-state index contributed by atoms with van der Waals surface area (Å²) in [5.41, 5.74) is 5.98. The summed E-state index contributed by atoms with van der Waals surface area (Å²) in [6.07, 6.45) is 0. The van der Waals surface area contributed by atoms with Gasteiger partial charge >= 0.3 is 0 Å². The van der Waals surface area contributed by atoms with Gasteiger partial charge in [-0.15, -0.1) is 0 Å². The van der Waals surface area contributed by atoms with Gasteiger partial charge in [-0.1, -0.05) is 78.9 Å². The van der Waals surface area contributed by atoms with Gasteiger partial charge in [0.05, 0.1) is 0 Å². The molecular weight excluding hydrogens is 320 g/mol. The number of rotatable bonds is 3. The third kappa shape index (κ3) is 3.05. The van der Waals surface area contributed by atoms with Crippen LogP contribution in [0.15, 0.2) is 97.1 Å². The van der Waals surface area contributed by atoms with Crippen molar-refractivity contribution in [3.05, 3.63) is 97.1 Å². The lowest BCUT2D eigenvalue weighted by atomic mass is 9.96. The first-order valence-electron chi connectivity index (χ1n) is 8.49. The minimum Gasteiger partial charge on any atom is -0.504 e. The molecule has 26 heavy (non-hydrogen) atoms. The maximum absolute atomic E-state index is 10.2. The van der Waals surface area contributed by atoms with E-state index in [1.54, 1.807) is 12.1 Å². The molecule has 0 radical (unpaired) electrons. The van der Waals surface area contributed by atoms with E-state index >= 15 is 0 Å². The smallest absolute Gasteiger partial charge is 0.165 e. The summed E-state index contributed by atoms with van der Waals surface area (Å²) >= 11 is 0. The Morgan fingerprint density at radius 2 is 0.923 bits per heavy atom. The Morgan fingerprint density at radius 1 is 0.423 bits per heavy atom. The molecule has 2 nitrogen and oxygen atoms in total. The van der Waals surface area contributed by atoms with Crippen LogP contribution in [-0.4, -0.2) is 10.2 Å². The Kier molecular flexibility index (Phi) is 4.16. The number of hydrogen-bond acceptors (Lipinski definition) is 2. The Labute approximate surface area is 152 Å². The van der Waals surface area contributed by atoms with Gasteiger partial charge in [0.1, 0.15) is 0 Å². The largest absolute Gasteiger partial charge is 0.504 e. The van der Waals surface area contributed by atoms with Crippen LogP contribution in [0.4, 0.5) is 0 Å². The quantitative estimate of drug-likeness (QED) is 0.443. The van der Waals surface area contributed by atoms with Gasteiger partial charge in [-0.25, -0.2) is 0 Å². The third-order valence-electron chi connectivity index (χ3n) is 4.49. The molecular formula is C24H18O2. The molecule has 0 atom stereocenters. The maximum Gasteiger partial charge on any atom is 0.165 e. The van der Waals surface area contributed by atoms with Crippen molar-refractivity contribution in [3.63, 3.8) is 0 Å². The number of hydrogen-bond donors (Lipinski definition) is 2. The minimum absolute atomic E-state index is 0.0947. The second-order valence-electron chi connectivity index (χ2n) is 6.20. The Hall–Kier alpha value is -3.52. The highest BCUT2D eigenvalue weighted by Gasteiger charge is 2.09. The van der Waals surface area contributed by atoms with Gasteiger partial charge in [-0.3, -0.25) is 0 Å². The summed E-state index contributed by atoms with van der Waals surface area (Å²) in [7, 11) is 0. The molecule has 0 spiro atoms. The molecule has 0 saturated heterocycles.